The average Bonchev–Trinajstić information content (AvgIpc) is 2.34. The Morgan fingerprint density at radius 2 is 2.22 bits per heavy atom. The zero-order valence-electron chi connectivity index (χ0n) is 11.4. The predicted molar refractivity (Wildman–Crippen MR) is 71.8 cm³/mol. The number of anilines is 1. The highest BCUT2D eigenvalue weighted by Gasteiger charge is 2.13. The van der Waals surface area contributed by atoms with Crippen LogP contribution >= 0.6 is 0 Å². The largest absolute Gasteiger partial charge is 0.393 e. The van der Waals surface area contributed by atoms with Crippen LogP contribution in [0.5, 0.6) is 0 Å². The van der Waals surface area contributed by atoms with Crippen LogP contribution in [0, 0.1) is 6.92 Å². The lowest BCUT2D eigenvalue weighted by atomic mass is 10.2. The third-order valence-corrected chi connectivity index (χ3v) is 2.69. The molecular formula is C13H21N3O2. The van der Waals surface area contributed by atoms with Gasteiger partial charge in [-0.1, -0.05) is 0 Å². The van der Waals surface area contributed by atoms with E-state index in [9.17, 15) is 9.90 Å². The normalized spacial score (nSPS) is 12.1. The van der Waals surface area contributed by atoms with Crippen LogP contribution in [0.15, 0.2) is 12.1 Å². The first-order chi connectivity index (χ1) is 8.43. The lowest BCUT2D eigenvalue weighted by molar-refractivity contribution is 0.0769. The molecule has 0 aromatic carbocycles. The molecule has 1 rings (SSSR count). The fraction of sp³-hybridized carbons (Fsp3) is 0.538. The third-order valence-electron chi connectivity index (χ3n) is 2.69. The van der Waals surface area contributed by atoms with Gasteiger partial charge in [0.05, 0.1) is 6.10 Å². The molecule has 100 valence electrons. The molecule has 0 aliphatic carbocycles. The Kier molecular flexibility index (Phi) is 5.09. The minimum absolute atomic E-state index is 0.0577. The molecule has 1 heterocycles. The molecule has 0 saturated heterocycles. The number of nitrogens with one attached hydrogen (secondary N) is 1. The van der Waals surface area contributed by atoms with E-state index in [1.165, 1.54) is 0 Å². The molecule has 2 N–H and O–H groups in total. The predicted octanol–water partition coefficient (Wildman–Crippen LogP) is 1.27. The van der Waals surface area contributed by atoms with Crippen LogP contribution in [0.2, 0.25) is 0 Å². The minimum Gasteiger partial charge on any atom is -0.393 e. The van der Waals surface area contributed by atoms with Gasteiger partial charge in [-0.15, -0.1) is 0 Å². The molecule has 0 radical (unpaired) electrons. The SMILES string of the molecule is CNc1cc(C(=O)N(C)CCC(C)O)cc(C)n1. The second-order valence-corrected chi connectivity index (χ2v) is 4.50. The van der Waals surface area contributed by atoms with E-state index in [4.69, 9.17) is 0 Å². The zero-order valence-corrected chi connectivity index (χ0v) is 11.4. The highest BCUT2D eigenvalue weighted by molar-refractivity contribution is 5.94. The Morgan fingerprint density at radius 3 is 2.78 bits per heavy atom. The Labute approximate surface area is 108 Å². The molecule has 0 aliphatic rings. The average molecular weight is 251 g/mol. The first-order valence-electron chi connectivity index (χ1n) is 6.04. The lowest BCUT2D eigenvalue weighted by Gasteiger charge is -2.18. The molecule has 0 fully saturated rings. The molecule has 1 atom stereocenters. The van der Waals surface area contributed by atoms with Gasteiger partial charge in [0.2, 0.25) is 0 Å². The fourth-order valence-electron chi connectivity index (χ4n) is 1.62. The van der Waals surface area contributed by atoms with E-state index in [1.54, 1.807) is 38.1 Å². The molecule has 0 bridgehead atoms. The first kappa shape index (κ1) is 14.4. The zero-order chi connectivity index (χ0) is 13.7. The molecule has 5 heteroatoms. The van der Waals surface area contributed by atoms with Gasteiger partial charge in [-0.2, -0.15) is 0 Å². The number of carbonyl (C=O) groups excluding carboxylic acids is 1. The number of aliphatic hydroxyl groups is 1. The maximum absolute atomic E-state index is 12.2. The van der Waals surface area contributed by atoms with E-state index in [-0.39, 0.29) is 5.91 Å². The van der Waals surface area contributed by atoms with Crippen molar-refractivity contribution in [3.8, 4) is 0 Å². The number of amides is 1. The summed E-state index contributed by atoms with van der Waals surface area (Å²) in [5.41, 5.74) is 1.41. The van der Waals surface area contributed by atoms with Gasteiger partial charge < -0.3 is 15.3 Å². The highest BCUT2D eigenvalue weighted by Crippen LogP contribution is 2.12. The van der Waals surface area contributed by atoms with Crippen LogP contribution in [0.3, 0.4) is 0 Å². The molecule has 1 aromatic rings. The van der Waals surface area contributed by atoms with Crippen molar-refractivity contribution in [2.24, 2.45) is 0 Å². The highest BCUT2D eigenvalue weighted by atomic mass is 16.3. The Balaban J connectivity index is 2.79. The van der Waals surface area contributed by atoms with E-state index >= 15 is 0 Å². The van der Waals surface area contributed by atoms with Gasteiger partial charge in [0.15, 0.2) is 0 Å². The monoisotopic (exact) mass is 251 g/mol. The van der Waals surface area contributed by atoms with E-state index < -0.39 is 6.10 Å². The van der Waals surface area contributed by atoms with E-state index in [2.05, 4.69) is 10.3 Å². The summed E-state index contributed by atoms with van der Waals surface area (Å²) in [7, 11) is 3.51. The topological polar surface area (TPSA) is 65.5 Å². The van der Waals surface area contributed by atoms with Crippen molar-refractivity contribution in [3.05, 3.63) is 23.4 Å². The number of aromatic nitrogens is 1. The van der Waals surface area contributed by atoms with Crippen LogP contribution in [-0.2, 0) is 0 Å². The second kappa shape index (κ2) is 6.35. The number of pyridine rings is 1. The number of hydrogen-bond acceptors (Lipinski definition) is 4. The molecular weight excluding hydrogens is 230 g/mol. The van der Waals surface area contributed by atoms with Gasteiger partial charge in [-0.25, -0.2) is 4.98 Å². The van der Waals surface area contributed by atoms with Gasteiger partial charge in [0.25, 0.3) is 5.91 Å². The van der Waals surface area contributed by atoms with Crippen molar-refractivity contribution < 1.29 is 9.90 Å². The molecule has 0 aliphatic heterocycles. The molecule has 0 saturated carbocycles. The Bertz CT molecular complexity index is 419. The van der Waals surface area contributed by atoms with Crippen LogP contribution in [0.1, 0.15) is 29.4 Å². The summed E-state index contributed by atoms with van der Waals surface area (Å²) in [6.45, 7) is 4.11. The summed E-state index contributed by atoms with van der Waals surface area (Å²) in [6.07, 6.45) is 0.179. The summed E-state index contributed by atoms with van der Waals surface area (Å²) in [5.74, 6) is 0.625. The standard InChI is InChI=1S/C13H21N3O2/c1-9-7-11(8-12(14-3)15-9)13(18)16(4)6-5-10(2)17/h7-8,10,17H,5-6H2,1-4H3,(H,14,15). The Hall–Kier alpha value is -1.62. The number of aliphatic hydroxyl groups excluding tert-OH is 1. The van der Waals surface area contributed by atoms with Crippen LogP contribution in [-0.4, -0.2) is 47.6 Å². The molecule has 1 amide bonds. The molecule has 0 spiro atoms. The van der Waals surface area contributed by atoms with Crippen molar-refractivity contribution in [2.45, 2.75) is 26.4 Å². The second-order valence-electron chi connectivity index (χ2n) is 4.50. The van der Waals surface area contributed by atoms with Crippen LogP contribution in [0.25, 0.3) is 0 Å². The third kappa shape index (κ3) is 4.00. The maximum atomic E-state index is 12.2. The quantitative estimate of drug-likeness (QED) is 0.827. The van der Waals surface area contributed by atoms with Gasteiger partial charge in [-0.3, -0.25) is 4.79 Å². The number of hydrogen-bond donors (Lipinski definition) is 2. The molecule has 5 nitrogen and oxygen atoms in total. The number of aryl methyl sites for hydroxylation is 1. The molecule has 1 unspecified atom stereocenters. The van der Waals surface area contributed by atoms with Crippen molar-refractivity contribution in [1.29, 1.82) is 0 Å². The summed E-state index contributed by atoms with van der Waals surface area (Å²) < 4.78 is 0. The molecule has 1 aromatic heterocycles. The van der Waals surface area contributed by atoms with E-state index in [0.717, 1.165) is 5.69 Å². The van der Waals surface area contributed by atoms with Crippen molar-refractivity contribution in [1.82, 2.24) is 9.88 Å². The maximum Gasteiger partial charge on any atom is 0.253 e. The number of nitrogens with zero attached hydrogens (tertiary/aromatic N) is 2. The Morgan fingerprint density at radius 1 is 1.56 bits per heavy atom. The van der Waals surface area contributed by atoms with Gasteiger partial charge in [-0.05, 0) is 32.4 Å². The van der Waals surface area contributed by atoms with Gasteiger partial charge in [0.1, 0.15) is 5.82 Å². The summed E-state index contributed by atoms with van der Waals surface area (Å²) >= 11 is 0. The van der Waals surface area contributed by atoms with Crippen molar-refractivity contribution in [2.75, 3.05) is 26.0 Å². The molecule has 18 heavy (non-hydrogen) atoms. The minimum atomic E-state index is -0.396. The summed E-state index contributed by atoms with van der Waals surface area (Å²) in [4.78, 5) is 18.0. The van der Waals surface area contributed by atoms with Crippen molar-refractivity contribution >= 4 is 11.7 Å². The van der Waals surface area contributed by atoms with E-state index in [1.807, 2.05) is 6.92 Å². The smallest absolute Gasteiger partial charge is 0.253 e. The fourth-order valence-corrected chi connectivity index (χ4v) is 1.62. The van der Waals surface area contributed by atoms with Crippen LogP contribution in [0.4, 0.5) is 5.82 Å². The van der Waals surface area contributed by atoms with Gasteiger partial charge >= 0.3 is 0 Å². The first-order valence-corrected chi connectivity index (χ1v) is 6.04. The lowest BCUT2D eigenvalue weighted by Crippen LogP contribution is -2.29. The van der Waals surface area contributed by atoms with E-state index in [0.29, 0.717) is 24.3 Å². The number of carbonyl (C=O) groups is 1. The van der Waals surface area contributed by atoms with Gasteiger partial charge in [0, 0.05) is 31.9 Å². The summed E-state index contributed by atoms with van der Waals surface area (Å²) in [5, 5.41) is 12.2. The van der Waals surface area contributed by atoms with Crippen molar-refractivity contribution in [3.63, 3.8) is 0 Å². The summed E-state index contributed by atoms with van der Waals surface area (Å²) in [6, 6.07) is 3.50. The number of rotatable bonds is 5. The van der Waals surface area contributed by atoms with Crippen LogP contribution < -0.4 is 5.32 Å².